The molecule has 2 rings (SSSR count). The first-order valence-corrected chi connectivity index (χ1v) is 10.4. The summed E-state index contributed by atoms with van der Waals surface area (Å²) in [6.45, 7) is 0. The van der Waals surface area contributed by atoms with Crippen molar-refractivity contribution in [2.75, 3.05) is 0 Å². The van der Waals surface area contributed by atoms with Crippen molar-refractivity contribution in [2.45, 2.75) is 9.79 Å². The van der Waals surface area contributed by atoms with Gasteiger partial charge in [0.1, 0.15) is 9.79 Å². The topological polar surface area (TPSA) is 217 Å². The van der Waals surface area contributed by atoms with Gasteiger partial charge in [-0.2, -0.15) is 16.8 Å². The highest BCUT2D eigenvalue weighted by atomic mass is 32.3. The highest BCUT2D eigenvalue weighted by molar-refractivity contribution is 7.87. The minimum absolute atomic E-state index is 0.401. The lowest BCUT2D eigenvalue weighted by molar-refractivity contribution is 0.0648. The van der Waals surface area contributed by atoms with Gasteiger partial charge >= 0.3 is 44.3 Å². The molecule has 0 saturated carbocycles. The minimum Gasteiger partial charge on any atom is -0.478 e. The van der Waals surface area contributed by atoms with Gasteiger partial charge in [0.25, 0.3) is 0 Å². The van der Waals surface area contributed by atoms with Gasteiger partial charge in [-0.1, -0.05) is 12.1 Å². The zero-order valence-electron chi connectivity index (χ0n) is 14.9. The van der Waals surface area contributed by atoms with Gasteiger partial charge < -0.3 is 20.4 Å². The first-order valence-electron chi connectivity index (χ1n) is 7.67. The first-order chi connectivity index (χ1) is 14.5. The van der Waals surface area contributed by atoms with Crippen LogP contribution in [0.1, 0.15) is 41.4 Å². The number of carboxylic acids is 4. The molecule has 0 aromatic heterocycles. The summed E-state index contributed by atoms with van der Waals surface area (Å²) in [5.74, 6) is -8.62. The molecule has 2 aromatic rings. The quantitative estimate of drug-likeness (QED) is 0.402. The minimum atomic E-state index is -6.16. The van der Waals surface area contributed by atoms with Gasteiger partial charge in [-0.15, -0.1) is 7.77 Å². The lowest BCUT2D eigenvalue weighted by atomic mass is 9.95. The lowest BCUT2D eigenvalue weighted by Crippen LogP contribution is -2.17. The second-order valence-corrected chi connectivity index (χ2v) is 8.39. The van der Waals surface area contributed by atoms with E-state index in [9.17, 15) is 54.0 Å². The molecule has 0 radical (unpaired) electrons. The normalized spacial score (nSPS) is 11.7. The van der Waals surface area contributed by atoms with Crippen LogP contribution in [0, 0.1) is 0 Å². The van der Waals surface area contributed by atoms with E-state index in [1.54, 1.807) is 0 Å². The van der Waals surface area contributed by atoms with Crippen molar-refractivity contribution in [1.82, 2.24) is 0 Å². The number of hydrogen-bond acceptors (Lipinski definition) is 8. The number of hydrogen-bond donors (Lipinski definition) is 4. The van der Waals surface area contributed by atoms with Crippen molar-refractivity contribution < 1.29 is 64.2 Å². The average molecular weight is 494 g/mol. The Morgan fingerprint density at radius 1 is 0.562 bits per heavy atom. The van der Waals surface area contributed by atoms with Crippen LogP contribution in [-0.4, -0.2) is 61.1 Å². The van der Waals surface area contributed by atoms with Gasteiger partial charge in [-0.25, -0.2) is 19.2 Å². The first kappa shape index (κ1) is 24.4. The van der Waals surface area contributed by atoms with E-state index in [1.165, 1.54) is 0 Å². The summed E-state index contributed by atoms with van der Waals surface area (Å²) in [5.41, 5.74) is -8.32. The Morgan fingerprint density at radius 3 is 1.03 bits per heavy atom. The molecule has 0 heterocycles. The van der Waals surface area contributed by atoms with Crippen LogP contribution in [0.15, 0.2) is 34.1 Å². The van der Waals surface area contributed by atoms with Crippen LogP contribution in [0.4, 0.5) is 7.77 Å². The summed E-state index contributed by atoms with van der Waals surface area (Å²) in [5, 5.41) is 36.7. The van der Waals surface area contributed by atoms with Gasteiger partial charge in [0.2, 0.25) is 0 Å². The van der Waals surface area contributed by atoms with E-state index >= 15 is 0 Å². The van der Waals surface area contributed by atoms with Crippen molar-refractivity contribution in [3.63, 3.8) is 0 Å². The van der Waals surface area contributed by atoms with Crippen molar-refractivity contribution in [2.24, 2.45) is 0 Å². The van der Waals surface area contributed by atoms with Crippen LogP contribution in [-0.2, 0) is 20.4 Å². The largest absolute Gasteiger partial charge is 0.478 e. The van der Waals surface area contributed by atoms with Gasteiger partial charge in [-0.05, 0) is 12.1 Å². The molecule has 0 aliphatic rings. The van der Waals surface area contributed by atoms with Gasteiger partial charge in [0, 0.05) is 11.1 Å². The summed E-state index contributed by atoms with van der Waals surface area (Å²) in [6, 6.07) is 1.66. The van der Waals surface area contributed by atoms with Crippen LogP contribution in [0.5, 0.6) is 0 Å². The number of benzene rings is 2. The third-order valence-corrected chi connectivity index (χ3v) is 5.81. The predicted molar refractivity (Wildman–Crippen MR) is 96.3 cm³/mol. The average Bonchev–Trinajstić information content (AvgIpc) is 2.63. The molecule has 0 atom stereocenters. The Morgan fingerprint density at radius 2 is 0.844 bits per heavy atom. The number of rotatable bonds is 7. The van der Waals surface area contributed by atoms with Crippen LogP contribution < -0.4 is 0 Å². The molecule has 0 amide bonds. The van der Waals surface area contributed by atoms with E-state index < -0.39 is 87.5 Å². The number of carbonyl (C=O) groups is 4. The maximum atomic E-state index is 14.1. The molecule has 32 heavy (non-hydrogen) atoms. The molecule has 4 N–H and O–H groups in total. The third kappa shape index (κ3) is 4.26. The fourth-order valence-electron chi connectivity index (χ4n) is 2.88. The second kappa shape index (κ2) is 7.97. The molecular formula is C16H8F2O12S2. The molecule has 0 bridgehead atoms. The molecule has 170 valence electrons. The molecule has 0 saturated heterocycles. The summed E-state index contributed by atoms with van der Waals surface area (Å²) < 4.78 is 75.0. The molecule has 16 heteroatoms. The predicted octanol–water partition coefficient (Wildman–Crippen LogP) is 1.46. The summed E-state index contributed by atoms with van der Waals surface area (Å²) in [6.07, 6.45) is 0. The van der Waals surface area contributed by atoms with E-state index in [-0.39, 0.29) is 0 Å². The molecule has 0 fully saturated rings. The van der Waals surface area contributed by atoms with Crippen molar-refractivity contribution in [3.05, 3.63) is 46.5 Å². The van der Waals surface area contributed by atoms with Crippen molar-refractivity contribution in [3.8, 4) is 11.1 Å². The van der Waals surface area contributed by atoms with Gasteiger partial charge in [0.15, 0.2) is 0 Å². The Labute approximate surface area is 176 Å². The van der Waals surface area contributed by atoms with Crippen LogP contribution in [0.3, 0.4) is 0 Å². The van der Waals surface area contributed by atoms with E-state index in [1.807, 2.05) is 0 Å². The second-order valence-electron chi connectivity index (χ2n) is 5.83. The van der Waals surface area contributed by atoms with Crippen LogP contribution in [0.2, 0.25) is 0 Å². The molecule has 12 nitrogen and oxygen atoms in total. The van der Waals surface area contributed by atoms with Gasteiger partial charge in [-0.3, -0.25) is 0 Å². The Bertz CT molecular complexity index is 1320. The highest BCUT2D eigenvalue weighted by Crippen LogP contribution is 2.39. The Balaban J connectivity index is 3.29. The SMILES string of the molecule is O=C(O)c1ccc(-c2ccc(C(=O)O)c(C(=O)O)c2S(=O)(=O)F)c(S(=O)(=O)F)c1C(=O)O. The summed E-state index contributed by atoms with van der Waals surface area (Å²) in [4.78, 5) is 41.7. The fraction of sp³-hybridized carbons (Fsp3) is 0. The lowest BCUT2D eigenvalue weighted by Gasteiger charge is -2.16. The van der Waals surface area contributed by atoms with Crippen molar-refractivity contribution >= 4 is 44.3 Å². The number of aromatic carboxylic acids is 4. The molecule has 0 unspecified atom stereocenters. The Hall–Kier alpha value is -3.92. The molecule has 2 aromatic carbocycles. The maximum Gasteiger partial charge on any atom is 0.338 e. The maximum absolute atomic E-state index is 14.1. The zero-order chi connectivity index (χ0) is 24.8. The fourth-order valence-corrected chi connectivity index (χ4v) is 4.64. The monoisotopic (exact) mass is 494 g/mol. The van der Waals surface area contributed by atoms with Crippen LogP contribution in [0.25, 0.3) is 11.1 Å². The van der Waals surface area contributed by atoms with E-state index in [4.69, 9.17) is 10.2 Å². The highest BCUT2D eigenvalue weighted by Gasteiger charge is 2.36. The molecule has 0 spiro atoms. The van der Waals surface area contributed by atoms with E-state index in [2.05, 4.69) is 0 Å². The molecular weight excluding hydrogens is 486 g/mol. The molecule has 0 aliphatic carbocycles. The van der Waals surface area contributed by atoms with Gasteiger partial charge in [0.05, 0.1) is 22.3 Å². The smallest absolute Gasteiger partial charge is 0.338 e. The standard InChI is InChI=1S/C16H8F2O12S2/c17-31(27,28)11-5(1-3-7(13(19)20)9(11)15(23)24)6-2-4-8(14(21)22)10(16(25)26)12(6)32(18,29)30/h1-4H,(H,19,20)(H,21,22)(H,23,24)(H,25,26). The summed E-state index contributed by atoms with van der Waals surface area (Å²) in [7, 11) is -12.3. The zero-order valence-corrected chi connectivity index (χ0v) is 16.6. The van der Waals surface area contributed by atoms with Crippen molar-refractivity contribution in [1.29, 1.82) is 0 Å². The third-order valence-electron chi connectivity index (χ3n) is 3.98. The number of halogens is 2. The molecule has 0 aliphatic heterocycles. The Kier molecular flexibility index (Phi) is 6.06. The van der Waals surface area contributed by atoms with E-state index in [0.29, 0.717) is 24.3 Å². The summed E-state index contributed by atoms with van der Waals surface area (Å²) >= 11 is 0. The van der Waals surface area contributed by atoms with Crippen LogP contribution >= 0.6 is 0 Å². The number of carboxylic acid groups (broad SMARTS) is 4. The van der Waals surface area contributed by atoms with E-state index in [0.717, 1.165) is 0 Å².